The minimum absolute atomic E-state index is 0.284. The van der Waals surface area contributed by atoms with Crippen LogP contribution in [-0.2, 0) is 4.79 Å². The highest BCUT2D eigenvalue weighted by atomic mass is 16.2. The zero-order valence-corrected chi connectivity index (χ0v) is 14.8. The van der Waals surface area contributed by atoms with Gasteiger partial charge in [-0.15, -0.1) is 0 Å². The highest BCUT2D eigenvalue weighted by molar-refractivity contribution is 5.78. The molecule has 0 aromatic carbocycles. The molecule has 0 N–H and O–H groups in total. The molecular weight excluding hydrogens is 318 g/mol. The fourth-order valence-corrected chi connectivity index (χ4v) is 3.71. The van der Waals surface area contributed by atoms with Crippen molar-refractivity contribution in [3.63, 3.8) is 0 Å². The second-order valence-corrected chi connectivity index (χ2v) is 6.93. The number of carbonyl (C=O) groups excluding carboxylic acids is 1. The third kappa shape index (κ3) is 3.44. The molecule has 0 saturated carbocycles. The van der Waals surface area contributed by atoms with Crippen molar-refractivity contribution < 1.29 is 4.79 Å². The summed E-state index contributed by atoms with van der Waals surface area (Å²) in [5, 5.41) is 4.29. The predicted octanol–water partition coefficient (Wildman–Crippen LogP) is 0.567. The van der Waals surface area contributed by atoms with Gasteiger partial charge in [-0.25, -0.2) is 4.98 Å². The molecule has 134 valence electrons. The number of hydrogen-bond acceptors (Lipinski definition) is 6. The SMILES string of the molecule is Cc1cc(N2CCN(CC(=O)N3CCCCC3)CC2)n2ncnc2n1. The van der Waals surface area contributed by atoms with E-state index in [4.69, 9.17) is 0 Å². The van der Waals surface area contributed by atoms with E-state index in [0.717, 1.165) is 63.6 Å². The number of aromatic nitrogens is 4. The van der Waals surface area contributed by atoms with Gasteiger partial charge in [0.2, 0.25) is 5.91 Å². The number of rotatable bonds is 3. The summed E-state index contributed by atoms with van der Waals surface area (Å²) in [4.78, 5) is 27.6. The Labute approximate surface area is 147 Å². The van der Waals surface area contributed by atoms with Gasteiger partial charge in [-0.2, -0.15) is 14.6 Å². The smallest absolute Gasteiger partial charge is 0.254 e. The summed E-state index contributed by atoms with van der Waals surface area (Å²) in [7, 11) is 0. The van der Waals surface area contributed by atoms with E-state index in [1.54, 1.807) is 10.8 Å². The molecule has 0 spiro atoms. The molecule has 4 heterocycles. The highest BCUT2D eigenvalue weighted by Gasteiger charge is 2.24. The van der Waals surface area contributed by atoms with Crippen molar-refractivity contribution in [2.45, 2.75) is 26.2 Å². The summed E-state index contributed by atoms with van der Waals surface area (Å²) >= 11 is 0. The van der Waals surface area contributed by atoms with Crippen molar-refractivity contribution in [1.29, 1.82) is 0 Å². The number of likely N-dealkylation sites (tertiary alicyclic amines) is 1. The van der Waals surface area contributed by atoms with Crippen LogP contribution >= 0.6 is 0 Å². The summed E-state index contributed by atoms with van der Waals surface area (Å²) in [5.74, 6) is 1.95. The third-order valence-electron chi connectivity index (χ3n) is 5.13. The van der Waals surface area contributed by atoms with E-state index < -0.39 is 0 Å². The monoisotopic (exact) mass is 343 g/mol. The third-order valence-corrected chi connectivity index (χ3v) is 5.13. The van der Waals surface area contributed by atoms with E-state index in [1.807, 2.05) is 11.8 Å². The number of aryl methyl sites for hydroxylation is 1. The zero-order chi connectivity index (χ0) is 17.2. The van der Waals surface area contributed by atoms with Gasteiger partial charge in [0.05, 0.1) is 6.54 Å². The van der Waals surface area contributed by atoms with Crippen LogP contribution in [0, 0.1) is 6.92 Å². The highest BCUT2D eigenvalue weighted by Crippen LogP contribution is 2.18. The molecule has 8 heteroatoms. The quantitative estimate of drug-likeness (QED) is 0.811. The van der Waals surface area contributed by atoms with Crippen molar-refractivity contribution in [2.75, 3.05) is 50.7 Å². The number of amides is 1. The van der Waals surface area contributed by atoms with Gasteiger partial charge in [-0.3, -0.25) is 9.69 Å². The number of hydrogen-bond donors (Lipinski definition) is 0. The maximum Gasteiger partial charge on any atom is 0.254 e. The summed E-state index contributed by atoms with van der Waals surface area (Å²) in [6.07, 6.45) is 5.09. The molecule has 2 saturated heterocycles. The van der Waals surface area contributed by atoms with Crippen LogP contribution in [0.15, 0.2) is 12.4 Å². The van der Waals surface area contributed by atoms with Gasteiger partial charge in [0.1, 0.15) is 12.1 Å². The molecule has 25 heavy (non-hydrogen) atoms. The Morgan fingerprint density at radius 1 is 1.08 bits per heavy atom. The molecule has 8 nitrogen and oxygen atoms in total. The molecule has 1 amide bonds. The summed E-state index contributed by atoms with van der Waals surface area (Å²) < 4.78 is 1.79. The van der Waals surface area contributed by atoms with Gasteiger partial charge in [0.15, 0.2) is 0 Å². The molecule has 0 aliphatic carbocycles. The average Bonchev–Trinajstić information content (AvgIpc) is 3.11. The summed E-state index contributed by atoms with van der Waals surface area (Å²) in [6, 6.07) is 2.05. The Kier molecular flexibility index (Phi) is 4.52. The van der Waals surface area contributed by atoms with Crippen LogP contribution in [0.1, 0.15) is 25.0 Å². The van der Waals surface area contributed by atoms with E-state index in [1.165, 1.54) is 6.42 Å². The van der Waals surface area contributed by atoms with Gasteiger partial charge in [0, 0.05) is 51.0 Å². The van der Waals surface area contributed by atoms with E-state index >= 15 is 0 Å². The Morgan fingerprint density at radius 3 is 2.60 bits per heavy atom. The molecule has 2 aliphatic heterocycles. The minimum Gasteiger partial charge on any atom is -0.354 e. The largest absolute Gasteiger partial charge is 0.354 e. The van der Waals surface area contributed by atoms with E-state index in [9.17, 15) is 4.79 Å². The first kappa shape index (κ1) is 16.3. The van der Waals surface area contributed by atoms with Crippen LogP contribution < -0.4 is 4.90 Å². The molecule has 4 rings (SSSR count). The Hall–Kier alpha value is -2.22. The lowest BCUT2D eigenvalue weighted by Gasteiger charge is -2.37. The van der Waals surface area contributed by atoms with Crippen LogP contribution in [0.5, 0.6) is 0 Å². The van der Waals surface area contributed by atoms with E-state index in [-0.39, 0.29) is 5.91 Å². The van der Waals surface area contributed by atoms with Crippen LogP contribution in [-0.4, -0.2) is 81.1 Å². The second-order valence-electron chi connectivity index (χ2n) is 6.93. The van der Waals surface area contributed by atoms with E-state index in [0.29, 0.717) is 12.3 Å². The van der Waals surface area contributed by atoms with Crippen LogP contribution in [0.4, 0.5) is 5.82 Å². The Bertz CT molecular complexity index is 745. The van der Waals surface area contributed by atoms with Crippen molar-refractivity contribution in [2.24, 2.45) is 0 Å². The first-order chi connectivity index (χ1) is 12.2. The molecular formula is C17H25N7O. The topological polar surface area (TPSA) is 69.9 Å². The number of nitrogens with zero attached hydrogens (tertiary/aromatic N) is 7. The summed E-state index contributed by atoms with van der Waals surface area (Å²) in [5.41, 5.74) is 0.943. The molecule has 0 atom stereocenters. The maximum atomic E-state index is 12.4. The molecule has 2 aliphatic rings. The van der Waals surface area contributed by atoms with Crippen molar-refractivity contribution >= 4 is 17.5 Å². The molecule has 0 unspecified atom stereocenters. The standard InChI is InChI=1S/C17H25N7O/c1-14-11-15(24-17(20-14)18-13-19-24)22-9-7-21(8-10-22)12-16(25)23-5-3-2-4-6-23/h11,13H,2-10,12H2,1H3. The predicted molar refractivity (Wildman–Crippen MR) is 94.6 cm³/mol. The lowest BCUT2D eigenvalue weighted by atomic mass is 10.1. The van der Waals surface area contributed by atoms with Crippen molar-refractivity contribution in [3.05, 3.63) is 18.1 Å². The van der Waals surface area contributed by atoms with Gasteiger partial charge >= 0.3 is 0 Å². The van der Waals surface area contributed by atoms with Gasteiger partial charge in [-0.1, -0.05) is 0 Å². The average molecular weight is 343 g/mol. The Morgan fingerprint density at radius 2 is 1.84 bits per heavy atom. The Balaban J connectivity index is 1.38. The molecule has 2 aromatic heterocycles. The van der Waals surface area contributed by atoms with Gasteiger partial charge in [-0.05, 0) is 26.2 Å². The van der Waals surface area contributed by atoms with E-state index in [2.05, 4.69) is 30.9 Å². The number of piperidine rings is 1. The van der Waals surface area contributed by atoms with Crippen LogP contribution in [0.25, 0.3) is 5.78 Å². The minimum atomic E-state index is 0.284. The lowest BCUT2D eigenvalue weighted by molar-refractivity contribution is -0.133. The zero-order valence-electron chi connectivity index (χ0n) is 14.8. The van der Waals surface area contributed by atoms with Gasteiger partial charge < -0.3 is 9.80 Å². The number of piperazine rings is 1. The van der Waals surface area contributed by atoms with Crippen LogP contribution in [0.2, 0.25) is 0 Å². The fraction of sp³-hybridized carbons (Fsp3) is 0.647. The number of anilines is 1. The number of fused-ring (bicyclic) bond motifs is 1. The molecule has 2 fully saturated rings. The molecule has 0 radical (unpaired) electrons. The van der Waals surface area contributed by atoms with Crippen molar-refractivity contribution in [3.8, 4) is 0 Å². The summed E-state index contributed by atoms with van der Waals surface area (Å²) in [6.45, 7) is 7.91. The normalized spacial score (nSPS) is 19.6. The first-order valence-corrected chi connectivity index (χ1v) is 9.13. The van der Waals surface area contributed by atoms with Gasteiger partial charge in [0.25, 0.3) is 5.78 Å². The fourth-order valence-electron chi connectivity index (χ4n) is 3.71. The van der Waals surface area contributed by atoms with Crippen molar-refractivity contribution in [1.82, 2.24) is 29.4 Å². The maximum absolute atomic E-state index is 12.4. The molecule has 0 bridgehead atoms. The first-order valence-electron chi connectivity index (χ1n) is 9.13. The molecule has 2 aromatic rings. The lowest BCUT2D eigenvalue weighted by Crippen LogP contribution is -2.51. The van der Waals surface area contributed by atoms with Crippen LogP contribution in [0.3, 0.4) is 0 Å². The number of carbonyl (C=O) groups is 1. The second kappa shape index (κ2) is 6.95.